The number of carbonyl (C=O) groups is 1. The van der Waals surface area contributed by atoms with Crippen molar-refractivity contribution in [2.45, 2.75) is 33.1 Å². The molecule has 4 aromatic rings. The van der Waals surface area contributed by atoms with E-state index in [-0.39, 0.29) is 6.42 Å². The molecule has 0 unspecified atom stereocenters. The summed E-state index contributed by atoms with van der Waals surface area (Å²) < 4.78 is 16.9. The van der Waals surface area contributed by atoms with Gasteiger partial charge >= 0.3 is 11.6 Å². The van der Waals surface area contributed by atoms with Gasteiger partial charge in [-0.05, 0) is 49.2 Å². The van der Waals surface area contributed by atoms with E-state index in [1.54, 1.807) is 19.2 Å². The van der Waals surface area contributed by atoms with Crippen molar-refractivity contribution in [1.82, 2.24) is 0 Å². The summed E-state index contributed by atoms with van der Waals surface area (Å²) in [7, 11) is 1.59. The molecule has 0 amide bonds. The van der Waals surface area contributed by atoms with Gasteiger partial charge in [-0.15, -0.1) is 0 Å². The molecule has 2 aromatic heterocycles. The zero-order valence-corrected chi connectivity index (χ0v) is 17.1. The Morgan fingerprint density at radius 2 is 1.77 bits per heavy atom. The quantitative estimate of drug-likeness (QED) is 0.448. The van der Waals surface area contributed by atoms with Crippen molar-refractivity contribution in [2.24, 2.45) is 0 Å². The summed E-state index contributed by atoms with van der Waals surface area (Å²) >= 11 is 0. The molecule has 0 saturated heterocycles. The smallest absolute Gasteiger partial charge is 0.336 e. The highest BCUT2D eigenvalue weighted by Crippen LogP contribution is 2.39. The first-order chi connectivity index (χ1) is 14.4. The Balaban J connectivity index is 2.06. The average molecular weight is 406 g/mol. The van der Waals surface area contributed by atoms with Gasteiger partial charge in [-0.3, -0.25) is 4.79 Å². The molecule has 0 radical (unpaired) electrons. The van der Waals surface area contributed by atoms with Crippen molar-refractivity contribution >= 4 is 27.9 Å². The largest absolute Gasteiger partial charge is 0.497 e. The highest BCUT2D eigenvalue weighted by atomic mass is 16.5. The van der Waals surface area contributed by atoms with Crippen molar-refractivity contribution in [3.63, 3.8) is 0 Å². The fourth-order valence-electron chi connectivity index (χ4n) is 3.92. The van der Waals surface area contributed by atoms with E-state index in [0.717, 1.165) is 34.7 Å². The van der Waals surface area contributed by atoms with Gasteiger partial charge in [0, 0.05) is 33.5 Å². The van der Waals surface area contributed by atoms with E-state index >= 15 is 0 Å². The minimum atomic E-state index is -0.946. The third-order valence-corrected chi connectivity index (χ3v) is 5.30. The summed E-state index contributed by atoms with van der Waals surface area (Å²) in [5.74, 6) is 0.244. The van der Waals surface area contributed by atoms with Crippen LogP contribution in [0.1, 0.15) is 30.0 Å². The van der Waals surface area contributed by atoms with Crippen LogP contribution in [0.3, 0.4) is 0 Å². The molecule has 154 valence electrons. The average Bonchev–Trinajstić information content (AvgIpc) is 3.07. The second-order valence-electron chi connectivity index (χ2n) is 7.30. The van der Waals surface area contributed by atoms with Crippen molar-refractivity contribution in [2.75, 3.05) is 7.11 Å². The van der Waals surface area contributed by atoms with E-state index < -0.39 is 11.6 Å². The standard InChI is InChI=1S/C24H22O6/c1-4-5-15-10-21(27)29-22-13(2)23-18(11-17(15)22)19(12-20(25)26)24(30-23)14-6-8-16(28-3)9-7-14/h6-11H,4-5,12H2,1-3H3,(H,25,26). The van der Waals surface area contributed by atoms with E-state index in [1.807, 2.05) is 32.0 Å². The second kappa shape index (κ2) is 7.71. The number of carboxylic acids is 1. The number of hydrogen-bond acceptors (Lipinski definition) is 5. The highest BCUT2D eigenvalue weighted by Gasteiger charge is 2.22. The zero-order chi connectivity index (χ0) is 21.4. The molecule has 2 aromatic carbocycles. The molecule has 0 fully saturated rings. The van der Waals surface area contributed by atoms with Crippen molar-refractivity contribution in [1.29, 1.82) is 0 Å². The topological polar surface area (TPSA) is 89.9 Å². The maximum absolute atomic E-state index is 12.1. The van der Waals surface area contributed by atoms with E-state index in [1.165, 1.54) is 6.07 Å². The molecule has 0 aliphatic rings. The minimum Gasteiger partial charge on any atom is -0.497 e. The van der Waals surface area contributed by atoms with Crippen LogP contribution in [0.2, 0.25) is 0 Å². The first-order valence-electron chi connectivity index (χ1n) is 9.80. The van der Waals surface area contributed by atoms with Gasteiger partial charge in [-0.1, -0.05) is 13.3 Å². The normalized spacial score (nSPS) is 11.3. The predicted molar refractivity (Wildman–Crippen MR) is 114 cm³/mol. The zero-order valence-electron chi connectivity index (χ0n) is 17.1. The van der Waals surface area contributed by atoms with Crippen LogP contribution in [0.15, 0.2) is 50.0 Å². The van der Waals surface area contributed by atoms with Gasteiger partial charge in [0.15, 0.2) is 0 Å². The molecule has 6 nitrogen and oxygen atoms in total. The maximum atomic E-state index is 12.1. The minimum absolute atomic E-state index is 0.181. The molecule has 0 saturated carbocycles. The number of benzene rings is 2. The van der Waals surface area contributed by atoms with Gasteiger partial charge in [-0.25, -0.2) is 4.79 Å². The Morgan fingerprint density at radius 1 is 1.07 bits per heavy atom. The number of carboxylic acid groups (broad SMARTS) is 1. The third kappa shape index (κ3) is 3.34. The summed E-state index contributed by atoms with van der Waals surface area (Å²) in [6.07, 6.45) is 1.42. The number of fused-ring (bicyclic) bond motifs is 2. The second-order valence-corrected chi connectivity index (χ2v) is 7.30. The van der Waals surface area contributed by atoms with E-state index in [4.69, 9.17) is 13.6 Å². The number of ether oxygens (including phenoxy) is 1. The van der Waals surface area contributed by atoms with Crippen molar-refractivity contribution < 1.29 is 23.5 Å². The van der Waals surface area contributed by atoms with Crippen LogP contribution in [-0.2, 0) is 17.6 Å². The summed E-state index contributed by atoms with van der Waals surface area (Å²) in [4.78, 5) is 23.7. The van der Waals surface area contributed by atoms with Crippen LogP contribution in [0, 0.1) is 6.92 Å². The molecular weight excluding hydrogens is 384 g/mol. The SMILES string of the molecule is CCCc1cc(=O)oc2c(C)c3oc(-c4ccc(OC)cc4)c(CC(=O)O)c3cc12. The molecule has 6 heteroatoms. The molecule has 1 N–H and O–H groups in total. The van der Waals surface area contributed by atoms with Crippen LogP contribution in [-0.4, -0.2) is 18.2 Å². The molecule has 0 aliphatic carbocycles. The van der Waals surface area contributed by atoms with Gasteiger partial charge in [0.1, 0.15) is 22.7 Å². The lowest BCUT2D eigenvalue weighted by Gasteiger charge is -2.07. The van der Waals surface area contributed by atoms with Crippen molar-refractivity contribution in [3.8, 4) is 17.1 Å². The monoisotopic (exact) mass is 406 g/mol. The molecule has 2 heterocycles. The number of furan rings is 1. The maximum Gasteiger partial charge on any atom is 0.336 e. The van der Waals surface area contributed by atoms with Gasteiger partial charge < -0.3 is 18.7 Å². The summed E-state index contributed by atoms with van der Waals surface area (Å²) in [5.41, 5.74) is 3.53. The lowest BCUT2D eigenvalue weighted by molar-refractivity contribution is -0.136. The molecule has 4 rings (SSSR count). The van der Waals surface area contributed by atoms with Gasteiger partial charge in [0.25, 0.3) is 0 Å². The Kier molecular flexibility index (Phi) is 5.08. The van der Waals surface area contributed by atoms with Crippen LogP contribution in [0.5, 0.6) is 5.75 Å². The Morgan fingerprint density at radius 3 is 2.40 bits per heavy atom. The summed E-state index contributed by atoms with van der Waals surface area (Å²) in [6.45, 7) is 3.87. The number of methoxy groups -OCH3 is 1. The third-order valence-electron chi connectivity index (χ3n) is 5.30. The fraction of sp³-hybridized carbons (Fsp3) is 0.250. The molecule has 0 spiro atoms. The lowest BCUT2D eigenvalue weighted by Crippen LogP contribution is -2.03. The highest BCUT2D eigenvalue weighted by molar-refractivity contribution is 6.03. The van der Waals surface area contributed by atoms with Crippen molar-refractivity contribution in [3.05, 3.63) is 63.5 Å². The number of hydrogen-bond donors (Lipinski definition) is 1. The molecular formula is C24H22O6. The number of rotatable bonds is 6. The lowest BCUT2D eigenvalue weighted by atomic mass is 9.97. The molecule has 0 bridgehead atoms. The number of aliphatic carboxylic acids is 1. The fourth-order valence-corrected chi connectivity index (χ4v) is 3.92. The Bertz CT molecular complexity index is 1310. The summed E-state index contributed by atoms with van der Waals surface area (Å²) in [6, 6.07) is 10.7. The van der Waals surface area contributed by atoms with Crippen LogP contribution in [0.25, 0.3) is 33.3 Å². The first kappa shape index (κ1) is 19.8. The molecule has 0 aliphatic heterocycles. The van der Waals surface area contributed by atoms with Crippen LogP contribution >= 0.6 is 0 Å². The first-order valence-corrected chi connectivity index (χ1v) is 9.80. The number of aryl methyl sites for hydroxylation is 2. The molecule has 0 atom stereocenters. The predicted octanol–water partition coefficient (Wildman–Crippen LogP) is 5.10. The van der Waals surface area contributed by atoms with E-state index in [2.05, 4.69) is 0 Å². The molecule has 30 heavy (non-hydrogen) atoms. The van der Waals surface area contributed by atoms with Gasteiger partial charge in [0.05, 0.1) is 13.5 Å². The summed E-state index contributed by atoms with van der Waals surface area (Å²) in [5, 5.41) is 11.1. The Labute approximate surface area is 172 Å². The van der Waals surface area contributed by atoms with Crippen LogP contribution < -0.4 is 10.4 Å². The van der Waals surface area contributed by atoms with Crippen LogP contribution in [0.4, 0.5) is 0 Å². The van der Waals surface area contributed by atoms with E-state index in [0.29, 0.717) is 33.8 Å². The van der Waals surface area contributed by atoms with Gasteiger partial charge in [-0.2, -0.15) is 0 Å². The van der Waals surface area contributed by atoms with Gasteiger partial charge in [0.2, 0.25) is 0 Å². The van der Waals surface area contributed by atoms with E-state index in [9.17, 15) is 14.7 Å². The Hall–Kier alpha value is -3.54.